The second-order valence-electron chi connectivity index (χ2n) is 6.14. The van der Waals surface area contributed by atoms with Crippen molar-refractivity contribution in [1.82, 2.24) is 4.90 Å². The first-order valence-corrected chi connectivity index (χ1v) is 7.71. The van der Waals surface area contributed by atoms with Crippen LogP contribution < -0.4 is 5.73 Å². The molecule has 4 nitrogen and oxygen atoms in total. The minimum atomic E-state index is -1.09. The van der Waals surface area contributed by atoms with Gasteiger partial charge in [-0.3, -0.25) is 0 Å². The van der Waals surface area contributed by atoms with Crippen molar-refractivity contribution >= 4 is 5.97 Å². The van der Waals surface area contributed by atoms with Gasteiger partial charge < -0.3 is 15.4 Å². The number of carbonyl (C=O) groups is 1. The zero-order valence-corrected chi connectivity index (χ0v) is 13.0. The molecule has 0 aliphatic carbocycles. The summed E-state index contributed by atoms with van der Waals surface area (Å²) in [6, 6.07) is 9.54. The third-order valence-corrected chi connectivity index (χ3v) is 4.42. The van der Waals surface area contributed by atoms with E-state index in [1.165, 1.54) is 13.5 Å². The van der Waals surface area contributed by atoms with Crippen molar-refractivity contribution in [3.8, 4) is 0 Å². The summed E-state index contributed by atoms with van der Waals surface area (Å²) < 4.78 is 4.97. The number of hydrogen-bond acceptors (Lipinski definition) is 4. The summed E-state index contributed by atoms with van der Waals surface area (Å²) in [5.41, 5.74) is 6.19. The highest BCUT2D eigenvalue weighted by Crippen LogP contribution is 2.24. The lowest BCUT2D eigenvalue weighted by atomic mass is 9.90. The van der Waals surface area contributed by atoms with E-state index in [0.717, 1.165) is 37.4 Å². The molecule has 1 saturated heterocycles. The standard InChI is InChI=1S/C17H26N2O2/c1-14-7-6-11-19(12-10-14)13-17(18,16(20)21-2)15-8-4-3-5-9-15/h3-5,8-9,14H,6-7,10-13,18H2,1-2H3. The van der Waals surface area contributed by atoms with E-state index in [2.05, 4.69) is 11.8 Å². The average Bonchev–Trinajstić information content (AvgIpc) is 2.71. The summed E-state index contributed by atoms with van der Waals surface area (Å²) in [5.74, 6) is 0.378. The highest BCUT2D eigenvalue weighted by molar-refractivity contribution is 5.82. The van der Waals surface area contributed by atoms with Gasteiger partial charge in [-0.05, 0) is 43.8 Å². The lowest BCUT2D eigenvalue weighted by molar-refractivity contribution is -0.148. The molecule has 0 amide bonds. The van der Waals surface area contributed by atoms with E-state index in [1.54, 1.807) is 0 Å². The maximum Gasteiger partial charge on any atom is 0.331 e. The first-order valence-electron chi connectivity index (χ1n) is 7.71. The van der Waals surface area contributed by atoms with Crippen LogP contribution in [0.15, 0.2) is 30.3 Å². The Labute approximate surface area is 127 Å². The highest BCUT2D eigenvalue weighted by Gasteiger charge is 2.39. The van der Waals surface area contributed by atoms with Gasteiger partial charge in [-0.15, -0.1) is 0 Å². The molecule has 0 bridgehead atoms. The Bertz CT molecular complexity index is 463. The molecule has 2 atom stereocenters. The van der Waals surface area contributed by atoms with Gasteiger partial charge in [0.2, 0.25) is 0 Å². The van der Waals surface area contributed by atoms with Crippen molar-refractivity contribution in [2.24, 2.45) is 11.7 Å². The van der Waals surface area contributed by atoms with Crippen LogP contribution in [0.3, 0.4) is 0 Å². The van der Waals surface area contributed by atoms with Crippen LogP contribution in [0, 0.1) is 5.92 Å². The first-order chi connectivity index (χ1) is 10.1. The van der Waals surface area contributed by atoms with Gasteiger partial charge in [0.15, 0.2) is 5.54 Å². The van der Waals surface area contributed by atoms with Crippen LogP contribution in [0.5, 0.6) is 0 Å². The summed E-state index contributed by atoms with van der Waals surface area (Å²) >= 11 is 0. The van der Waals surface area contributed by atoms with Gasteiger partial charge in [-0.2, -0.15) is 0 Å². The first kappa shape index (κ1) is 16.0. The molecule has 2 unspecified atom stereocenters. The van der Waals surface area contributed by atoms with Gasteiger partial charge in [0, 0.05) is 6.54 Å². The lowest BCUT2D eigenvalue weighted by Crippen LogP contribution is -2.54. The molecule has 1 heterocycles. The van der Waals surface area contributed by atoms with Gasteiger partial charge in [0.1, 0.15) is 0 Å². The Hall–Kier alpha value is -1.39. The molecular weight excluding hydrogens is 264 g/mol. The van der Waals surface area contributed by atoms with Crippen LogP contribution >= 0.6 is 0 Å². The largest absolute Gasteiger partial charge is 0.467 e. The normalized spacial score (nSPS) is 23.1. The average molecular weight is 290 g/mol. The van der Waals surface area contributed by atoms with E-state index in [-0.39, 0.29) is 5.97 Å². The molecule has 1 aromatic carbocycles. The predicted molar refractivity (Wildman–Crippen MR) is 83.8 cm³/mol. The zero-order chi connectivity index (χ0) is 15.3. The van der Waals surface area contributed by atoms with Gasteiger partial charge in [0.25, 0.3) is 0 Å². The molecule has 116 valence electrons. The maximum atomic E-state index is 12.3. The number of carbonyl (C=O) groups excluding carboxylic acids is 1. The number of methoxy groups -OCH3 is 1. The van der Waals surface area contributed by atoms with Gasteiger partial charge in [-0.25, -0.2) is 4.79 Å². The monoisotopic (exact) mass is 290 g/mol. The molecule has 2 N–H and O–H groups in total. The van der Waals surface area contributed by atoms with E-state index in [9.17, 15) is 4.79 Å². The van der Waals surface area contributed by atoms with Crippen LogP contribution in [-0.2, 0) is 15.1 Å². The molecule has 1 aromatic rings. The molecule has 0 spiro atoms. The second kappa shape index (κ2) is 7.05. The number of likely N-dealkylation sites (tertiary alicyclic amines) is 1. The van der Waals surface area contributed by atoms with Crippen molar-refractivity contribution in [3.05, 3.63) is 35.9 Å². The second-order valence-corrected chi connectivity index (χ2v) is 6.14. The SMILES string of the molecule is COC(=O)C(N)(CN1CCCC(C)CC1)c1ccccc1. The summed E-state index contributed by atoms with van der Waals surface area (Å²) in [7, 11) is 1.40. The number of benzene rings is 1. The molecule has 1 aliphatic heterocycles. The van der Waals surface area contributed by atoms with Gasteiger partial charge >= 0.3 is 5.97 Å². The molecule has 0 saturated carbocycles. The zero-order valence-electron chi connectivity index (χ0n) is 13.0. The lowest BCUT2D eigenvalue weighted by Gasteiger charge is -2.33. The summed E-state index contributed by atoms with van der Waals surface area (Å²) in [6.07, 6.45) is 3.57. The summed E-state index contributed by atoms with van der Waals surface area (Å²) in [5, 5.41) is 0. The Morgan fingerprint density at radius 2 is 2.05 bits per heavy atom. The predicted octanol–water partition coefficient (Wildman–Crippen LogP) is 2.14. The number of ether oxygens (including phenoxy) is 1. The van der Waals surface area contributed by atoms with E-state index in [1.807, 2.05) is 30.3 Å². The highest BCUT2D eigenvalue weighted by atomic mass is 16.5. The van der Waals surface area contributed by atoms with E-state index >= 15 is 0 Å². The van der Waals surface area contributed by atoms with Crippen molar-refractivity contribution in [1.29, 1.82) is 0 Å². The van der Waals surface area contributed by atoms with Crippen LogP contribution in [0.4, 0.5) is 0 Å². The summed E-state index contributed by atoms with van der Waals surface area (Å²) in [4.78, 5) is 14.6. The smallest absolute Gasteiger partial charge is 0.331 e. The molecule has 0 radical (unpaired) electrons. The van der Waals surface area contributed by atoms with Crippen molar-refractivity contribution < 1.29 is 9.53 Å². The summed E-state index contributed by atoms with van der Waals surface area (Å²) in [6.45, 7) is 4.78. The number of hydrogen-bond donors (Lipinski definition) is 1. The van der Waals surface area contributed by atoms with Crippen LogP contribution in [-0.4, -0.2) is 37.6 Å². The molecule has 4 heteroatoms. The topological polar surface area (TPSA) is 55.6 Å². The Kier molecular flexibility index (Phi) is 5.37. The number of esters is 1. The van der Waals surface area contributed by atoms with Crippen LogP contribution in [0.2, 0.25) is 0 Å². The maximum absolute atomic E-state index is 12.3. The molecule has 1 fully saturated rings. The Balaban J connectivity index is 2.19. The van der Waals surface area contributed by atoms with Gasteiger partial charge in [-0.1, -0.05) is 37.3 Å². The number of nitrogens with two attached hydrogens (primary N) is 1. The van der Waals surface area contributed by atoms with Crippen LogP contribution in [0.25, 0.3) is 0 Å². The molecule has 21 heavy (non-hydrogen) atoms. The fourth-order valence-electron chi connectivity index (χ4n) is 3.02. The molecule has 1 aliphatic rings. The van der Waals surface area contributed by atoms with E-state index < -0.39 is 5.54 Å². The molecular formula is C17H26N2O2. The quantitative estimate of drug-likeness (QED) is 0.863. The molecule has 2 rings (SSSR count). The van der Waals surface area contributed by atoms with Crippen molar-refractivity contribution in [2.45, 2.75) is 31.7 Å². The van der Waals surface area contributed by atoms with E-state index in [4.69, 9.17) is 10.5 Å². The van der Waals surface area contributed by atoms with E-state index in [0.29, 0.717) is 6.54 Å². The van der Waals surface area contributed by atoms with Crippen LogP contribution in [0.1, 0.15) is 31.7 Å². The Morgan fingerprint density at radius 1 is 1.33 bits per heavy atom. The minimum absolute atomic E-state index is 0.369. The minimum Gasteiger partial charge on any atom is -0.467 e. The molecule has 0 aromatic heterocycles. The fraction of sp³-hybridized carbons (Fsp3) is 0.588. The third kappa shape index (κ3) is 3.83. The van der Waals surface area contributed by atoms with Crippen molar-refractivity contribution in [2.75, 3.05) is 26.7 Å². The number of nitrogens with zero attached hydrogens (tertiary/aromatic N) is 1. The fourth-order valence-corrected chi connectivity index (χ4v) is 3.02. The van der Waals surface area contributed by atoms with Gasteiger partial charge in [0.05, 0.1) is 7.11 Å². The Morgan fingerprint density at radius 3 is 2.71 bits per heavy atom. The van der Waals surface area contributed by atoms with Crippen molar-refractivity contribution in [3.63, 3.8) is 0 Å². The third-order valence-electron chi connectivity index (χ3n) is 4.42. The number of rotatable bonds is 4.